The molecule has 3 N–H and O–H groups in total. The summed E-state index contributed by atoms with van der Waals surface area (Å²) in [5.74, 6) is -1.53. The second kappa shape index (κ2) is 13.3. The first-order valence-corrected chi connectivity index (χ1v) is 17.6. The molecule has 2 bridgehead atoms. The molecule has 3 unspecified atom stereocenters. The van der Waals surface area contributed by atoms with E-state index in [-0.39, 0.29) is 35.6 Å². The summed E-state index contributed by atoms with van der Waals surface area (Å²) in [5, 5.41) is 0. The van der Waals surface area contributed by atoms with Crippen LogP contribution >= 0.6 is 0 Å². The number of carbonyl (C=O) groups excluding carboxylic acids is 4. The van der Waals surface area contributed by atoms with Crippen LogP contribution in [0.1, 0.15) is 47.0 Å². The van der Waals surface area contributed by atoms with Gasteiger partial charge in [0.15, 0.2) is 6.04 Å². The van der Waals surface area contributed by atoms with Crippen molar-refractivity contribution in [1.82, 2.24) is 0 Å². The van der Waals surface area contributed by atoms with E-state index in [2.05, 4.69) is 0 Å². The van der Waals surface area contributed by atoms with Crippen molar-refractivity contribution in [1.29, 1.82) is 0 Å². The summed E-state index contributed by atoms with van der Waals surface area (Å²) in [4.78, 5) is 56.4. The number of hydrogen-bond acceptors (Lipinski definition) is 7. The normalized spacial score (nSPS) is 23.0. The molecule has 0 aromatic heterocycles. The Morgan fingerprint density at radius 2 is 1.48 bits per heavy atom. The number of hydrogen-bond donors (Lipinski definition) is 2. The van der Waals surface area contributed by atoms with Crippen molar-refractivity contribution in [2.75, 3.05) is 27.0 Å². The zero-order valence-corrected chi connectivity index (χ0v) is 28.4. The van der Waals surface area contributed by atoms with Gasteiger partial charge < -0.3 is 10.6 Å². The molecule has 6 rings (SSSR count). The highest BCUT2D eigenvalue weighted by molar-refractivity contribution is 7.85. The number of carbonyl (C=O) groups is 4. The Labute approximate surface area is 281 Å². The van der Waals surface area contributed by atoms with Crippen LogP contribution < -0.4 is 20.4 Å². The van der Waals surface area contributed by atoms with E-state index in [1.165, 1.54) is 9.80 Å². The van der Waals surface area contributed by atoms with Crippen molar-refractivity contribution in [3.63, 3.8) is 0 Å². The first-order valence-electron chi connectivity index (χ1n) is 16.0. The molecule has 3 amide bonds. The van der Waals surface area contributed by atoms with E-state index in [4.69, 9.17) is 10.3 Å². The molecule has 2 fully saturated rings. The van der Waals surface area contributed by atoms with Crippen molar-refractivity contribution in [2.24, 2.45) is 22.5 Å². The number of benzene rings is 3. The van der Waals surface area contributed by atoms with Crippen molar-refractivity contribution in [2.45, 2.75) is 59.0 Å². The molecule has 2 aliphatic carbocycles. The van der Waals surface area contributed by atoms with Gasteiger partial charge in [0, 0.05) is 23.8 Å². The smallest absolute Gasteiger partial charge is 0.265 e. The number of amides is 3. The first-order chi connectivity index (χ1) is 22.6. The van der Waals surface area contributed by atoms with Gasteiger partial charge in [0.05, 0.1) is 22.5 Å². The molecule has 12 heteroatoms. The molecular formula is C36H42N4O7S. The molecule has 0 spiro atoms. The maximum Gasteiger partial charge on any atom is 0.265 e. The topological polar surface area (TPSA) is 158 Å². The highest BCUT2D eigenvalue weighted by Gasteiger charge is 2.65. The molecular weight excluding hydrogens is 632 g/mol. The van der Waals surface area contributed by atoms with Gasteiger partial charge in [-0.25, -0.2) is 0 Å². The summed E-state index contributed by atoms with van der Waals surface area (Å²) in [7, 11) is -4.08. The highest BCUT2D eigenvalue weighted by Crippen LogP contribution is 2.64. The SMILES string of the molecule is CC(C)N(C(=O)CN1C(=O)C(N)C(=O)N(c2ccccc2)c2ccccc21)c1ccccc1.CC1(C)C2CCC1(CS(=O)(=O)O)C(=O)C2. The van der Waals surface area contributed by atoms with Crippen LogP contribution in [0.25, 0.3) is 0 Å². The summed E-state index contributed by atoms with van der Waals surface area (Å²) < 4.78 is 31.0. The van der Waals surface area contributed by atoms with Crippen LogP contribution in [0.4, 0.5) is 22.7 Å². The van der Waals surface area contributed by atoms with Gasteiger partial charge in [0.2, 0.25) is 5.91 Å². The lowest BCUT2D eigenvalue weighted by molar-refractivity contribution is -0.129. The Kier molecular flexibility index (Phi) is 9.64. The number of fused-ring (bicyclic) bond motifs is 3. The number of anilines is 4. The minimum atomic E-state index is -4.08. The maximum atomic E-state index is 13.5. The summed E-state index contributed by atoms with van der Waals surface area (Å²) >= 11 is 0. The van der Waals surface area contributed by atoms with Crippen molar-refractivity contribution >= 4 is 56.4 Å². The number of nitrogens with zero attached hydrogens (tertiary/aromatic N) is 3. The number of Topliss-reactive ketones (excluding diaryl/α,β-unsaturated/α-hetero) is 1. The predicted octanol–water partition coefficient (Wildman–Crippen LogP) is 4.74. The van der Waals surface area contributed by atoms with Gasteiger partial charge in [-0.15, -0.1) is 0 Å². The monoisotopic (exact) mass is 674 g/mol. The fourth-order valence-corrected chi connectivity index (χ4v) is 8.79. The minimum Gasteiger partial charge on any atom is -0.312 e. The molecule has 254 valence electrons. The average molecular weight is 675 g/mol. The third kappa shape index (κ3) is 6.39. The van der Waals surface area contributed by atoms with Crippen LogP contribution in [0.2, 0.25) is 0 Å². The maximum absolute atomic E-state index is 13.5. The van der Waals surface area contributed by atoms with Crippen LogP contribution in [0, 0.1) is 16.7 Å². The molecule has 3 atom stereocenters. The van der Waals surface area contributed by atoms with Gasteiger partial charge in [0.25, 0.3) is 21.9 Å². The Morgan fingerprint density at radius 3 is 2.00 bits per heavy atom. The molecule has 2 saturated carbocycles. The van der Waals surface area contributed by atoms with E-state index < -0.39 is 39.1 Å². The van der Waals surface area contributed by atoms with Crippen molar-refractivity contribution < 1.29 is 32.1 Å². The quantitative estimate of drug-likeness (QED) is 0.269. The van der Waals surface area contributed by atoms with Crippen LogP contribution in [0.5, 0.6) is 0 Å². The van der Waals surface area contributed by atoms with Gasteiger partial charge in [-0.05, 0) is 74.4 Å². The lowest BCUT2D eigenvalue weighted by Crippen LogP contribution is -2.53. The Morgan fingerprint density at radius 1 is 0.917 bits per heavy atom. The van der Waals surface area contributed by atoms with E-state index in [0.29, 0.717) is 29.9 Å². The molecule has 1 aliphatic heterocycles. The fraction of sp³-hybridized carbons (Fsp3) is 0.389. The molecule has 48 heavy (non-hydrogen) atoms. The van der Waals surface area contributed by atoms with Crippen molar-refractivity contribution in [3.05, 3.63) is 84.9 Å². The Balaban J connectivity index is 0.000000250. The third-order valence-corrected chi connectivity index (χ3v) is 11.0. The van der Waals surface area contributed by atoms with Crippen LogP contribution in [0.15, 0.2) is 84.9 Å². The Bertz CT molecular complexity index is 1810. The molecule has 11 nitrogen and oxygen atoms in total. The van der Waals surface area contributed by atoms with Crippen molar-refractivity contribution in [3.8, 4) is 0 Å². The number of nitrogens with two attached hydrogens (primary N) is 1. The molecule has 3 aromatic carbocycles. The predicted molar refractivity (Wildman–Crippen MR) is 184 cm³/mol. The summed E-state index contributed by atoms with van der Waals surface area (Å²) in [6.07, 6.45) is 1.97. The zero-order chi connectivity index (χ0) is 35.0. The molecule has 3 aliphatic rings. The van der Waals surface area contributed by atoms with Gasteiger partial charge in [0.1, 0.15) is 12.3 Å². The number of ketones is 1. The Hall–Kier alpha value is -4.39. The van der Waals surface area contributed by atoms with Gasteiger partial charge in [-0.2, -0.15) is 8.42 Å². The standard InChI is InChI=1S/C26H26N4O3.C10H16O4S/c1-18(2)29(19-11-5-3-6-12-19)23(31)17-28-21-15-9-10-16-22(21)30(20-13-7-4-8-14-20)26(33)24(27)25(28)32;1-9(2)7-3-4-10(9,8(11)5-7)6-15(12,13)14/h3-16,18,24H,17,27H2,1-2H3;7H,3-6H2,1-2H3,(H,12,13,14). The van der Waals surface area contributed by atoms with Crippen LogP contribution in [0.3, 0.4) is 0 Å². The third-order valence-electron chi connectivity index (χ3n) is 10.1. The van der Waals surface area contributed by atoms with Crippen LogP contribution in [-0.4, -0.2) is 60.9 Å². The number of para-hydroxylation sites is 4. The first kappa shape index (κ1) is 34.9. The highest BCUT2D eigenvalue weighted by atomic mass is 32.2. The lowest BCUT2D eigenvalue weighted by atomic mass is 9.70. The second-order valence-corrected chi connectivity index (χ2v) is 14.9. The average Bonchev–Trinajstić information content (AvgIpc) is 3.35. The van der Waals surface area contributed by atoms with Gasteiger partial charge in [-0.1, -0.05) is 62.4 Å². The van der Waals surface area contributed by atoms with Gasteiger partial charge in [-0.3, -0.25) is 33.5 Å². The second-order valence-electron chi connectivity index (χ2n) is 13.5. The summed E-state index contributed by atoms with van der Waals surface area (Å²) in [6.45, 7) is 7.47. The van der Waals surface area contributed by atoms with E-state index in [1.54, 1.807) is 41.3 Å². The summed E-state index contributed by atoms with van der Waals surface area (Å²) in [5.41, 5.74) is 7.30. The molecule has 1 heterocycles. The van der Waals surface area contributed by atoms with Crippen LogP contribution in [-0.2, 0) is 29.3 Å². The van der Waals surface area contributed by atoms with E-state index in [0.717, 1.165) is 12.1 Å². The number of rotatable bonds is 7. The van der Waals surface area contributed by atoms with E-state index >= 15 is 0 Å². The molecule has 3 aromatic rings. The fourth-order valence-electron chi connectivity index (χ4n) is 7.49. The minimum absolute atomic E-state index is 0.0152. The van der Waals surface area contributed by atoms with E-state index in [9.17, 15) is 27.6 Å². The largest absolute Gasteiger partial charge is 0.312 e. The zero-order valence-electron chi connectivity index (χ0n) is 27.6. The lowest BCUT2D eigenvalue weighted by Gasteiger charge is -2.35. The summed E-state index contributed by atoms with van der Waals surface area (Å²) in [6, 6.07) is 23.8. The molecule has 0 radical (unpaired) electrons. The van der Waals surface area contributed by atoms with E-state index in [1.807, 2.05) is 76.2 Å². The molecule has 0 saturated heterocycles. The van der Waals surface area contributed by atoms with Gasteiger partial charge >= 0.3 is 0 Å².